The van der Waals surface area contributed by atoms with E-state index in [2.05, 4.69) is 10.4 Å². The molecule has 1 aliphatic heterocycles. The van der Waals surface area contributed by atoms with Gasteiger partial charge in [-0.3, -0.25) is 4.79 Å². The lowest BCUT2D eigenvalue weighted by molar-refractivity contribution is -0.125. The number of fused-ring (bicyclic) bond motifs is 1. The van der Waals surface area contributed by atoms with Crippen molar-refractivity contribution in [3.8, 4) is 5.69 Å². The number of benzene rings is 2. The molecule has 1 aromatic heterocycles. The summed E-state index contributed by atoms with van der Waals surface area (Å²) in [7, 11) is 0. The maximum Gasteiger partial charge on any atom is 0.339 e. The van der Waals surface area contributed by atoms with Gasteiger partial charge in [-0.05, 0) is 35.9 Å². The molecular weight excluding hydrogens is 354 g/mol. The summed E-state index contributed by atoms with van der Waals surface area (Å²) in [5.41, 5.74) is 2.05. The van der Waals surface area contributed by atoms with Gasteiger partial charge in [0.05, 0.1) is 17.4 Å². The molecule has 1 N–H and O–H groups in total. The highest BCUT2D eigenvalue weighted by molar-refractivity contribution is 6.30. The molecule has 0 saturated heterocycles. The van der Waals surface area contributed by atoms with Crippen LogP contribution in [-0.4, -0.2) is 27.8 Å². The van der Waals surface area contributed by atoms with Crippen LogP contribution in [0.1, 0.15) is 15.9 Å². The highest BCUT2D eigenvalue weighted by Crippen LogP contribution is 2.22. The summed E-state index contributed by atoms with van der Waals surface area (Å²) in [6.07, 6.45) is 1.03. The number of hydrogen-bond donors (Lipinski definition) is 1. The molecule has 0 aliphatic carbocycles. The Labute approximate surface area is 154 Å². The second-order valence-corrected chi connectivity index (χ2v) is 6.29. The quantitative estimate of drug-likeness (QED) is 0.721. The molecule has 26 heavy (non-hydrogen) atoms. The van der Waals surface area contributed by atoms with Crippen LogP contribution in [0.25, 0.3) is 5.69 Å². The number of aromatic nitrogens is 2. The maximum absolute atomic E-state index is 12.6. The Morgan fingerprint density at radius 1 is 1.15 bits per heavy atom. The first-order chi connectivity index (χ1) is 12.6. The molecular formula is C19H14ClN3O3. The predicted molar refractivity (Wildman–Crippen MR) is 96.6 cm³/mol. The van der Waals surface area contributed by atoms with Crippen LogP contribution in [0, 0.1) is 0 Å². The fourth-order valence-electron chi connectivity index (χ4n) is 2.87. The van der Waals surface area contributed by atoms with Crippen molar-refractivity contribution in [2.24, 2.45) is 0 Å². The number of amides is 1. The van der Waals surface area contributed by atoms with Crippen molar-refractivity contribution in [3.63, 3.8) is 0 Å². The van der Waals surface area contributed by atoms with Crippen LogP contribution >= 0.6 is 11.6 Å². The minimum Gasteiger partial charge on any atom is -0.448 e. The molecule has 1 amide bonds. The standard InChI is InChI=1S/C19H14ClN3O3/c20-13-5-7-14(8-6-13)23-17(9-10-21-23)22-18(24)16-11-12-3-1-2-4-15(12)19(25)26-16/h1-10,16H,11H2,(H,22,24)/t16-/m0/s1. The van der Waals surface area contributed by atoms with Gasteiger partial charge in [0, 0.05) is 17.5 Å². The lowest BCUT2D eigenvalue weighted by atomic mass is 9.98. The fourth-order valence-corrected chi connectivity index (χ4v) is 3.00. The second kappa shape index (κ2) is 6.65. The summed E-state index contributed by atoms with van der Waals surface area (Å²) in [5, 5.41) is 7.60. The highest BCUT2D eigenvalue weighted by atomic mass is 35.5. The van der Waals surface area contributed by atoms with E-state index in [4.69, 9.17) is 16.3 Å². The smallest absolute Gasteiger partial charge is 0.339 e. The van der Waals surface area contributed by atoms with Gasteiger partial charge in [0.25, 0.3) is 5.91 Å². The van der Waals surface area contributed by atoms with Crippen LogP contribution < -0.4 is 5.32 Å². The van der Waals surface area contributed by atoms with Crippen molar-refractivity contribution < 1.29 is 14.3 Å². The van der Waals surface area contributed by atoms with E-state index in [0.29, 0.717) is 22.8 Å². The molecule has 0 spiro atoms. The zero-order chi connectivity index (χ0) is 18.1. The van der Waals surface area contributed by atoms with Gasteiger partial charge in [-0.25, -0.2) is 9.48 Å². The van der Waals surface area contributed by atoms with E-state index in [9.17, 15) is 9.59 Å². The van der Waals surface area contributed by atoms with E-state index in [0.717, 1.165) is 11.3 Å². The van der Waals surface area contributed by atoms with Gasteiger partial charge < -0.3 is 10.1 Å². The molecule has 3 aromatic rings. The second-order valence-electron chi connectivity index (χ2n) is 5.85. The van der Waals surface area contributed by atoms with Crippen molar-refractivity contribution in [1.82, 2.24) is 9.78 Å². The summed E-state index contributed by atoms with van der Waals surface area (Å²) in [5.74, 6) is -0.408. The summed E-state index contributed by atoms with van der Waals surface area (Å²) in [6.45, 7) is 0. The van der Waals surface area contributed by atoms with Crippen molar-refractivity contribution in [2.45, 2.75) is 12.5 Å². The molecule has 6 nitrogen and oxygen atoms in total. The van der Waals surface area contributed by atoms with E-state index in [1.165, 1.54) is 0 Å². The van der Waals surface area contributed by atoms with Gasteiger partial charge in [0.15, 0.2) is 6.10 Å². The molecule has 0 fully saturated rings. The van der Waals surface area contributed by atoms with E-state index < -0.39 is 18.0 Å². The van der Waals surface area contributed by atoms with Gasteiger partial charge in [0.2, 0.25) is 0 Å². The topological polar surface area (TPSA) is 73.2 Å². The number of carbonyl (C=O) groups is 2. The fraction of sp³-hybridized carbons (Fsp3) is 0.105. The molecule has 2 heterocycles. The van der Waals surface area contributed by atoms with Crippen molar-refractivity contribution in [3.05, 3.63) is 76.9 Å². The molecule has 4 rings (SSSR count). The Balaban J connectivity index is 1.54. The number of rotatable bonds is 3. The number of carbonyl (C=O) groups excluding carboxylic acids is 2. The number of hydrogen-bond acceptors (Lipinski definition) is 4. The van der Waals surface area contributed by atoms with Crippen LogP contribution in [0.3, 0.4) is 0 Å². The molecule has 1 atom stereocenters. The van der Waals surface area contributed by atoms with Crippen LogP contribution in [0.2, 0.25) is 5.02 Å². The molecule has 0 radical (unpaired) electrons. The van der Waals surface area contributed by atoms with E-state index in [1.54, 1.807) is 53.3 Å². The minimum atomic E-state index is -0.883. The number of nitrogens with one attached hydrogen (secondary N) is 1. The van der Waals surface area contributed by atoms with Gasteiger partial charge in [-0.2, -0.15) is 5.10 Å². The molecule has 130 valence electrons. The summed E-state index contributed by atoms with van der Waals surface area (Å²) < 4.78 is 6.86. The summed E-state index contributed by atoms with van der Waals surface area (Å²) in [4.78, 5) is 24.7. The van der Waals surface area contributed by atoms with Gasteiger partial charge in [-0.15, -0.1) is 0 Å². The SMILES string of the molecule is O=C1O[C@H](C(=O)Nc2ccnn2-c2ccc(Cl)cc2)Cc2ccccc21. The third-order valence-corrected chi connectivity index (χ3v) is 4.40. The number of halogens is 1. The lowest BCUT2D eigenvalue weighted by Gasteiger charge is -2.23. The van der Waals surface area contributed by atoms with Crippen molar-refractivity contribution in [2.75, 3.05) is 5.32 Å². The van der Waals surface area contributed by atoms with Crippen LogP contribution in [0.4, 0.5) is 5.82 Å². The van der Waals surface area contributed by atoms with Gasteiger partial charge >= 0.3 is 5.97 Å². The molecule has 7 heteroatoms. The van der Waals surface area contributed by atoms with Crippen LogP contribution in [0.5, 0.6) is 0 Å². The average Bonchev–Trinajstić information content (AvgIpc) is 3.10. The minimum absolute atomic E-state index is 0.336. The van der Waals surface area contributed by atoms with E-state index in [1.807, 2.05) is 12.1 Å². The molecule has 0 unspecified atom stereocenters. The molecule has 0 saturated carbocycles. The highest BCUT2D eigenvalue weighted by Gasteiger charge is 2.31. The number of anilines is 1. The molecule has 0 bridgehead atoms. The predicted octanol–water partition coefficient (Wildman–Crippen LogP) is 3.25. The number of esters is 1. The Morgan fingerprint density at radius 3 is 2.73 bits per heavy atom. The van der Waals surface area contributed by atoms with E-state index in [-0.39, 0.29) is 0 Å². The number of cyclic esters (lactones) is 1. The number of ether oxygens (including phenoxy) is 1. The first-order valence-electron chi connectivity index (χ1n) is 8.01. The number of nitrogens with zero attached hydrogens (tertiary/aromatic N) is 2. The maximum atomic E-state index is 12.6. The first kappa shape index (κ1) is 16.4. The summed E-state index contributed by atoms with van der Waals surface area (Å²) in [6, 6.07) is 15.9. The molecule has 2 aromatic carbocycles. The normalized spacial score (nSPS) is 15.9. The third kappa shape index (κ3) is 3.07. The Bertz CT molecular complexity index is 982. The monoisotopic (exact) mass is 367 g/mol. The lowest BCUT2D eigenvalue weighted by Crippen LogP contribution is -2.38. The first-order valence-corrected chi connectivity index (χ1v) is 8.39. The third-order valence-electron chi connectivity index (χ3n) is 4.15. The molecule has 1 aliphatic rings. The van der Waals surface area contributed by atoms with Crippen LogP contribution in [0.15, 0.2) is 60.8 Å². The summed E-state index contributed by atoms with van der Waals surface area (Å²) >= 11 is 5.91. The largest absolute Gasteiger partial charge is 0.448 e. The average molecular weight is 368 g/mol. The van der Waals surface area contributed by atoms with Crippen LogP contribution in [-0.2, 0) is 16.0 Å². The van der Waals surface area contributed by atoms with Gasteiger partial charge in [0.1, 0.15) is 5.82 Å². The Kier molecular flexibility index (Phi) is 4.18. The Morgan fingerprint density at radius 2 is 1.92 bits per heavy atom. The zero-order valence-corrected chi connectivity index (χ0v) is 14.3. The van der Waals surface area contributed by atoms with Crippen molar-refractivity contribution >= 4 is 29.3 Å². The van der Waals surface area contributed by atoms with E-state index >= 15 is 0 Å². The Hall–Kier alpha value is -3.12. The zero-order valence-electron chi connectivity index (χ0n) is 13.6. The van der Waals surface area contributed by atoms with Gasteiger partial charge in [-0.1, -0.05) is 29.8 Å². The van der Waals surface area contributed by atoms with Crippen molar-refractivity contribution in [1.29, 1.82) is 0 Å².